The Morgan fingerprint density at radius 3 is 2.14 bits per heavy atom. The van der Waals surface area contributed by atoms with Crippen LogP contribution in [0.25, 0.3) is 6.08 Å². The van der Waals surface area contributed by atoms with Gasteiger partial charge < -0.3 is 30.8 Å². The third-order valence-corrected chi connectivity index (χ3v) is 8.93. The molecule has 4 rings (SSSR count). The van der Waals surface area contributed by atoms with E-state index in [2.05, 4.69) is 39.8 Å². The molecular weight excluding hydrogens is 580 g/mol. The van der Waals surface area contributed by atoms with E-state index in [1.165, 1.54) is 6.08 Å². The zero-order chi connectivity index (χ0) is 32.3. The van der Waals surface area contributed by atoms with Crippen LogP contribution in [0.3, 0.4) is 0 Å². The van der Waals surface area contributed by atoms with Gasteiger partial charge in [-0.15, -0.1) is 0 Å². The minimum absolute atomic E-state index is 0.0334. The molecule has 0 saturated carbocycles. The van der Waals surface area contributed by atoms with E-state index >= 15 is 0 Å². The Bertz CT molecular complexity index is 1620. The molecular formula is C33H40N4O6S. The summed E-state index contributed by atoms with van der Waals surface area (Å²) in [6.45, 7) is 11.3. The van der Waals surface area contributed by atoms with Crippen LogP contribution in [0.5, 0.6) is 0 Å². The number of thiol groups is 1. The second kappa shape index (κ2) is 13.6. The van der Waals surface area contributed by atoms with Crippen LogP contribution in [0.4, 0.5) is 0 Å². The summed E-state index contributed by atoms with van der Waals surface area (Å²) in [6.07, 6.45) is 6.77. The number of aromatic amines is 2. The first-order valence-corrected chi connectivity index (χ1v) is 15.3. The number of carboxylic acids is 2. The molecule has 11 heteroatoms. The van der Waals surface area contributed by atoms with Gasteiger partial charge in [-0.25, -0.2) is 0 Å². The zero-order valence-corrected chi connectivity index (χ0v) is 26.4. The first kappa shape index (κ1) is 32.7. The summed E-state index contributed by atoms with van der Waals surface area (Å²) in [6, 6.07) is -0.197. The van der Waals surface area contributed by atoms with E-state index in [9.17, 15) is 29.4 Å². The van der Waals surface area contributed by atoms with Gasteiger partial charge in [-0.1, -0.05) is 18.7 Å². The zero-order valence-electron chi connectivity index (χ0n) is 25.5. The number of carbonyl (C=O) groups is 4. The maximum atomic E-state index is 12.5. The average Bonchev–Trinajstić information content (AvgIpc) is 3.60. The van der Waals surface area contributed by atoms with Crippen molar-refractivity contribution in [2.45, 2.75) is 72.3 Å². The van der Waals surface area contributed by atoms with E-state index in [0.29, 0.717) is 42.7 Å². The topological polar surface area (TPSA) is 164 Å². The number of amides is 2. The SMILES string of the molecule is C=CC1=C(C)/C(=C/c2[nH]c(Cc3[nH]c(CC4NC(=O)[C@@H](C)/C4=C\CS)c(C)c3CCC(=O)O)c(CCC(=O)O)c2C)NC1=O. The van der Waals surface area contributed by atoms with Crippen molar-refractivity contribution in [1.82, 2.24) is 20.6 Å². The van der Waals surface area contributed by atoms with Crippen molar-refractivity contribution < 1.29 is 29.4 Å². The highest BCUT2D eigenvalue weighted by molar-refractivity contribution is 7.80. The predicted molar refractivity (Wildman–Crippen MR) is 172 cm³/mol. The lowest BCUT2D eigenvalue weighted by Crippen LogP contribution is -2.28. The number of aliphatic carboxylic acids is 2. The minimum Gasteiger partial charge on any atom is -0.481 e. The summed E-state index contributed by atoms with van der Waals surface area (Å²) >= 11 is 4.33. The van der Waals surface area contributed by atoms with Gasteiger partial charge in [-0.2, -0.15) is 12.6 Å². The van der Waals surface area contributed by atoms with Crippen LogP contribution in [0.1, 0.15) is 71.7 Å². The van der Waals surface area contributed by atoms with Gasteiger partial charge in [-0.3, -0.25) is 19.2 Å². The summed E-state index contributed by atoms with van der Waals surface area (Å²) in [4.78, 5) is 54.9. The molecule has 2 aliphatic heterocycles. The molecule has 0 aliphatic carbocycles. The fraction of sp³-hybridized carbons (Fsp3) is 0.394. The number of allylic oxidation sites excluding steroid dienone is 1. The normalized spacial score (nSPS) is 20.1. The van der Waals surface area contributed by atoms with Crippen molar-refractivity contribution in [2.75, 3.05) is 5.75 Å². The van der Waals surface area contributed by atoms with Gasteiger partial charge in [-0.05, 0) is 80.0 Å². The highest BCUT2D eigenvalue weighted by Crippen LogP contribution is 2.32. The predicted octanol–water partition coefficient (Wildman–Crippen LogP) is 4.09. The first-order chi connectivity index (χ1) is 20.9. The van der Waals surface area contributed by atoms with Crippen molar-refractivity contribution in [3.05, 3.63) is 86.2 Å². The lowest BCUT2D eigenvalue weighted by Gasteiger charge is -2.13. The van der Waals surface area contributed by atoms with Gasteiger partial charge in [0.05, 0.1) is 12.0 Å². The quantitative estimate of drug-likeness (QED) is 0.132. The number of rotatable bonds is 13. The number of carbonyl (C=O) groups excluding carboxylic acids is 2. The first-order valence-electron chi connectivity index (χ1n) is 14.7. The van der Waals surface area contributed by atoms with Crippen molar-refractivity contribution in [3.8, 4) is 0 Å². The second-order valence-corrected chi connectivity index (χ2v) is 11.8. The Labute approximate surface area is 262 Å². The third-order valence-electron chi connectivity index (χ3n) is 8.75. The van der Waals surface area contributed by atoms with Crippen molar-refractivity contribution in [2.24, 2.45) is 5.92 Å². The number of H-pyrrole nitrogens is 2. The van der Waals surface area contributed by atoms with E-state index < -0.39 is 11.9 Å². The molecule has 0 bridgehead atoms. The molecule has 44 heavy (non-hydrogen) atoms. The number of hydrogen-bond donors (Lipinski definition) is 7. The molecule has 0 radical (unpaired) electrons. The van der Waals surface area contributed by atoms with Crippen LogP contribution in [0.15, 0.2) is 41.1 Å². The summed E-state index contributed by atoms with van der Waals surface area (Å²) in [5, 5.41) is 24.9. The Hall–Kier alpha value is -4.25. The summed E-state index contributed by atoms with van der Waals surface area (Å²) in [7, 11) is 0. The molecule has 6 N–H and O–H groups in total. The summed E-state index contributed by atoms with van der Waals surface area (Å²) in [5.41, 5.74) is 9.81. The molecule has 2 atom stereocenters. The maximum Gasteiger partial charge on any atom is 0.303 e. The lowest BCUT2D eigenvalue weighted by molar-refractivity contribution is -0.138. The molecule has 0 aromatic carbocycles. The maximum absolute atomic E-state index is 12.5. The smallest absolute Gasteiger partial charge is 0.303 e. The summed E-state index contributed by atoms with van der Waals surface area (Å²) < 4.78 is 0. The van der Waals surface area contributed by atoms with E-state index in [4.69, 9.17) is 0 Å². The van der Waals surface area contributed by atoms with Gasteiger partial charge in [0, 0.05) is 65.5 Å². The van der Waals surface area contributed by atoms with Crippen molar-refractivity contribution in [3.63, 3.8) is 0 Å². The highest BCUT2D eigenvalue weighted by atomic mass is 32.1. The monoisotopic (exact) mass is 620 g/mol. The van der Waals surface area contributed by atoms with E-state index in [1.807, 2.05) is 39.8 Å². The Morgan fingerprint density at radius 1 is 0.955 bits per heavy atom. The molecule has 2 amide bonds. The fourth-order valence-electron chi connectivity index (χ4n) is 6.21. The number of aromatic nitrogens is 2. The van der Waals surface area contributed by atoms with E-state index in [0.717, 1.165) is 56.2 Å². The van der Waals surface area contributed by atoms with Crippen molar-refractivity contribution >= 4 is 42.5 Å². The van der Waals surface area contributed by atoms with Crippen LogP contribution in [0, 0.1) is 19.8 Å². The molecule has 234 valence electrons. The van der Waals surface area contributed by atoms with E-state index in [1.54, 1.807) is 0 Å². The Balaban J connectivity index is 1.75. The molecule has 1 saturated heterocycles. The summed E-state index contributed by atoms with van der Waals surface area (Å²) in [5.74, 6) is -1.80. The average molecular weight is 621 g/mol. The largest absolute Gasteiger partial charge is 0.481 e. The van der Waals surface area contributed by atoms with E-state index in [-0.39, 0.29) is 36.6 Å². The fourth-order valence-corrected chi connectivity index (χ4v) is 6.42. The molecule has 1 unspecified atom stereocenters. The molecule has 2 aliphatic rings. The number of nitrogens with one attached hydrogen (secondary N) is 4. The minimum atomic E-state index is -0.910. The van der Waals surface area contributed by atoms with Crippen LogP contribution in [-0.4, -0.2) is 55.7 Å². The molecule has 1 fully saturated rings. The van der Waals surface area contributed by atoms with Crippen LogP contribution in [-0.2, 0) is 44.9 Å². The molecule has 2 aromatic rings. The Morgan fingerprint density at radius 2 is 1.57 bits per heavy atom. The number of carboxylic acid groups (broad SMARTS) is 2. The van der Waals surface area contributed by atoms with Gasteiger partial charge in [0.25, 0.3) is 5.91 Å². The number of hydrogen-bond acceptors (Lipinski definition) is 5. The van der Waals surface area contributed by atoms with Gasteiger partial charge >= 0.3 is 11.9 Å². The molecule has 4 heterocycles. The molecule has 10 nitrogen and oxygen atoms in total. The second-order valence-electron chi connectivity index (χ2n) is 11.4. The lowest BCUT2D eigenvalue weighted by atomic mass is 9.94. The van der Waals surface area contributed by atoms with Crippen molar-refractivity contribution in [1.29, 1.82) is 0 Å². The van der Waals surface area contributed by atoms with Crippen LogP contribution >= 0.6 is 12.6 Å². The molecule has 2 aromatic heterocycles. The van der Waals surface area contributed by atoms with Crippen LogP contribution in [0.2, 0.25) is 0 Å². The van der Waals surface area contributed by atoms with Gasteiger partial charge in [0.15, 0.2) is 0 Å². The molecule has 0 spiro atoms. The van der Waals surface area contributed by atoms with Crippen LogP contribution < -0.4 is 10.6 Å². The van der Waals surface area contributed by atoms with Gasteiger partial charge in [0.2, 0.25) is 5.91 Å². The standard InChI is InChI=1S/C33H40N4O6S/c1-6-20-16(2)26(36-33(20)43)13-24-17(3)21(7-9-30(38)39)27(34-24)15-28-22(8-10-31(40)41)18(4)25(35-28)14-29-23(11-12-44)19(5)32(42)37-29/h6,11,13,19,29,34-35,44H,1,7-10,12,14-15H2,2-5H3,(H,36,43)(H,37,42)(H,38,39)(H,40,41)/b23-11+,26-13-/t19-,29?/m0/s1. The highest BCUT2D eigenvalue weighted by Gasteiger charge is 2.34. The third kappa shape index (κ3) is 6.77. The Kier molecular flexibility index (Phi) is 10.1. The van der Waals surface area contributed by atoms with Gasteiger partial charge in [0.1, 0.15) is 0 Å².